The molecule has 2 N–H and O–H groups in total. The maximum atomic E-state index is 12.9. The van der Waals surface area contributed by atoms with E-state index in [1.54, 1.807) is 19.2 Å². The van der Waals surface area contributed by atoms with Crippen molar-refractivity contribution in [2.24, 2.45) is 10.8 Å². The van der Waals surface area contributed by atoms with Crippen LogP contribution in [0.2, 0.25) is 0 Å². The highest BCUT2D eigenvalue weighted by Crippen LogP contribution is 2.33. The van der Waals surface area contributed by atoms with Gasteiger partial charge in [0.25, 0.3) is 5.91 Å². The van der Waals surface area contributed by atoms with Crippen molar-refractivity contribution in [3.63, 3.8) is 0 Å². The number of carbonyl (C=O) groups is 3. The van der Waals surface area contributed by atoms with Gasteiger partial charge in [-0.1, -0.05) is 0 Å². The van der Waals surface area contributed by atoms with Crippen molar-refractivity contribution in [3.8, 4) is 5.75 Å². The van der Waals surface area contributed by atoms with E-state index in [9.17, 15) is 14.4 Å². The smallest absolute Gasteiger partial charge is 0.338 e. The molecule has 2 aromatic carbocycles. The van der Waals surface area contributed by atoms with Crippen LogP contribution in [0.3, 0.4) is 0 Å². The maximum absolute atomic E-state index is 12.9. The Morgan fingerprint density at radius 1 is 1.06 bits per heavy atom. The average Bonchev–Trinajstić information content (AvgIpc) is 3.52. The second-order valence-corrected chi connectivity index (χ2v) is 7.27. The molecule has 168 valence electrons. The average molecular weight is 447 g/mol. The third-order valence-corrected chi connectivity index (χ3v) is 5.19. The molecule has 0 saturated heterocycles. The van der Waals surface area contributed by atoms with Gasteiger partial charge in [-0.15, -0.1) is 0 Å². The SMILES string of the molecule is COc1ccc(C2=NN(C(=O)COC(=O)c3ccc(C(N)=O)cc3)C(c3ccco3)C2)cc1. The van der Waals surface area contributed by atoms with Gasteiger partial charge in [0, 0.05) is 12.0 Å². The molecule has 0 radical (unpaired) electrons. The van der Waals surface area contributed by atoms with Gasteiger partial charge in [-0.25, -0.2) is 9.80 Å². The van der Waals surface area contributed by atoms with Gasteiger partial charge in [-0.2, -0.15) is 5.10 Å². The monoisotopic (exact) mass is 447 g/mol. The van der Waals surface area contributed by atoms with Gasteiger partial charge < -0.3 is 19.6 Å². The number of methoxy groups -OCH3 is 1. The van der Waals surface area contributed by atoms with Crippen LogP contribution in [-0.4, -0.2) is 42.2 Å². The van der Waals surface area contributed by atoms with Crippen molar-refractivity contribution < 1.29 is 28.3 Å². The third-order valence-electron chi connectivity index (χ3n) is 5.19. The van der Waals surface area contributed by atoms with Crippen LogP contribution in [0.1, 0.15) is 44.5 Å². The summed E-state index contributed by atoms with van der Waals surface area (Å²) in [5.41, 5.74) is 7.19. The first-order chi connectivity index (χ1) is 16.0. The number of hydrazone groups is 1. The van der Waals surface area contributed by atoms with Crippen LogP contribution >= 0.6 is 0 Å². The van der Waals surface area contributed by atoms with Crippen molar-refractivity contribution >= 4 is 23.5 Å². The van der Waals surface area contributed by atoms with Crippen molar-refractivity contribution in [2.45, 2.75) is 12.5 Å². The Balaban J connectivity index is 1.48. The summed E-state index contributed by atoms with van der Waals surface area (Å²) in [5.74, 6) is -0.518. The van der Waals surface area contributed by atoms with E-state index in [-0.39, 0.29) is 11.1 Å². The second-order valence-electron chi connectivity index (χ2n) is 7.27. The third kappa shape index (κ3) is 4.77. The maximum Gasteiger partial charge on any atom is 0.338 e. The lowest BCUT2D eigenvalue weighted by molar-refractivity contribution is -0.136. The van der Waals surface area contributed by atoms with E-state index >= 15 is 0 Å². The summed E-state index contributed by atoms with van der Waals surface area (Å²) in [6, 6.07) is 16.1. The van der Waals surface area contributed by atoms with Crippen molar-refractivity contribution in [1.82, 2.24) is 5.01 Å². The highest BCUT2D eigenvalue weighted by Gasteiger charge is 2.35. The Kier molecular flexibility index (Phi) is 6.21. The molecule has 4 rings (SSSR count). The molecule has 1 atom stereocenters. The minimum atomic E-state index is -0.701. The number of amides is 2. The molecule has 0 saturated carbocycles. The van der Waals surface area contributed by atoms with Gasteiger partial charge in [-0.3, -0.25) is 9.59 Å². The van der Waals surface area contributed by atoms with E-state index in [4.69, 9.17) is 19.6 Å². The molecule has 1 aliphatic rings. The van der Waals surface area contributed by atoms with Crippen LogP contribution in [-0.2, 0) is 9.53 Å². The molecule has 1 aliphatic heterocycles. The predicted molar refractivity (Wildman–Crippen MR) is 118 cm³/mol. The summed E-state index contributed by atoms with van der Waals surface area (Å²) in [6.45, 7) is -0.507. The molecule has 0 spiro atoms. The standard InChI is InChI=1S/C24H21N3O6/c1-31-18-10-8-15(9-11-18)19-13-20(21-3-2-12-32-21)27(26-19)22(28)14-33-24(30)17-6-4-16(5-7-17)23(25)29/h2-12,20H,13-14H2,1H3,(H2,25,29). The van der Waals surface area contributed by atoms with Crippen LogP contribution in [0.4, 0.5) is 0 Å². The topological polar surface area (TPSA) is 124 Å². The normalized spacial score (nSPS) is 15.1. The highest BCUT2D eigenvalue weighted by atomic mass is 16.5. The number of hydrogen-bond donors (Lipinski definition) is 1. The summed E-state index contributed by atoms with van der Waals surface area (Å²) >= 11 is 0. The first-order valence-corrected chi connectivity index (χ1v) is 10.1. The Hall–Kier alpha value is -4.40. The van der Waals surface area contributed by atoms with Crippen LogP contribution in [0.15, 0.2) is 76.4 Å². The molecule has 0 bridgehead atoms. The number of carbonyl (C=O) groups excluding carboxylic acids is 3. The molecule has 2 heterocycles. The zero-order chi connectivity index (χ0) is 23.4. The fraction of sp³-hybridized carbons (Fsp3) is 0.167. The number of esters is 1. The molecule has 1 unspecified atom stereocenters. The fourth-order valence-corrected chi connectivity index (χ4v) is 3.45. The van der Waals surface area contributed by atoms with Crippen molar-refractivity contribution in [2.75, 3.05) is 13.7 Å². The summed E-state index contributed by atoms with van der Waals surface area (Å²) < 4.78 is 15.9. The van der Waals surface area contributed by atoms with E-state index in [1.807, 2.05) is 24.3 Å². The van der Waals surface area contributed by atoms with Crippen LogP contribution in [0.5, 0.6) is 5.75 Å². The van der Waals surface area contributed by atoms with E-state index in [0.29, 0.717) is 23.6 Å². The highest BCUT2D eigenvalue weighted by molar-refractivity contribution is 6.03. The number of nitrogens with zero attached hydrogens (tertiary/aromatic N) is 2. The van der Waals surface area contributed by atoms with E-state index in [2.05, 4.69) is 5.10 Å². The summed E-state index contributed by atoms with van der Waals surface area (Å²) in [7, 11) is 1.59. The van der Waals surface area contributed by atoms with Crippen molar-refractivity contribution in [3.05, 3.63) is 89.4 Å². The van der Waals surface area contributed by atoms with E-state index in [1.165, 1.54) is 35.5 Å². The molecular weight excluding hydrogens is 426 g/mol. The summed E-state index contributed by atoms with van der Waals surface area (Å²) in [6.07, 6.45) is 1.97. The molecule has 9 heteroatoms. The quantitative estimate of drug-likeness (QED) is 0.555. The number of primary amides is 1. The molecule has 33 heavy (non-hydrogen) atoms. The number of nitrogens with two attached hydrogens (primary N) is 1. The second kappa shape index (κ2) is 9.39. The predicted octanol–water partition coefficient (Wildman–Crippen LogP) is 2.92. The molecule has 9 nitrogen and oxygen atoms in total. The summed E-state index contributed by atoms with van der Waals surface area (Å²) in [5, 5.41) is 5.77. The van der Waals surface area contributed by atoms with E-state index in [0.717, 1.165) is 5.56 Å². The molecule has 0 aliphatic carbocycles. The number of furan rings is 1. The Bertz CT molecular complexity index is 1180. The van der Waals surface area contributed by atoms with Crippen LogP contribution in [0.25, 0.3) is 0 Å². The number of benzene rings is 2. The molecular formula is C24H21N3O6. The molecule has 0 fully saturated rings. The molecule has 3 aromatic rings. The Labute approximate surface area is 189 Å². The molecule has 2 amide bonds. The summed E-state index contributed by atoms with van der Waals surface area (Å²) in [4.78, 5) is 36.4. The lowest BCUT2D eigenvalue weighted by Gasteiger charge is -2.19. The Morgan fingerprint density at radius 2 is 1.76 bits per heavy atom. The lowest BCUT2D eigenvalue weighted by Crippen LogP contribution is -2.31. The van der Waals surface area contributed by atoms with Gasteiger partial charge >= 0.3 is 5.97 Å². The van der Waals surface area contributed by atoms with Crippen LogP contribution in [0, 0.1) is 0 Å². The van der Waals surface area contributed by atoms with Gasteiger partial charge in [0.05, 0.1) is 24.6 Å². The van der Waals surface area contributed by atoms with Gasteiger partial charge in [0.2, 0.25) is 5.91 Å². The zero-order valence-corrected chi connectivity index (χ0v) is 17.8. The minimum absolute atomic E-state index is 0.194. The van der Waals surface area contributed by atoms with Crippen LogP contribution < -0.4 is 10.5 Å². The fourth-order valence-electron chi connectivity index (χ4n) is 3.45. The van der Waals surface area contributed by atoms with Gasteiger partial charge in [0.1, 0.15) is 17.6 Å². The minimum Gasteiger partial charge on any atom is -0.497 e. The largest absolute Gasteiger partial charge is 0.497 e. The lowest BCUT2D eigenvalue weighted by atomic mass is 10.0. The number of rotatable bonds is 7. The number of ether oxygens (including phenoxy) is 2. The first kappa shape index (κ1) is 21.8. The van der Waals surface area contributed by atoms with E-state index < -0.39 is 30.4 Å². The first-order valence-electron chi connectivity index (χ1n) is 10.1. The number of hydrogen-bond acceptors (Lipinski definition) is 7. The van der Waals surface area contributed by atoms with Crippen molar-refractivity contribution in [1.29, 1.82) is 0 Å². The van der Waals surface area contributed by atoms with Gasteiger partial charge in [-0.05, 0) is 66.2 Å². The molecule has 1 aromatic heterocycles. The Morgan fingerprint density at radius 3 is 2.36 bits per heavy atom. The zero-order valence-electron chi connectivity index (χ0n) is 17.8. The van der Waals surface area contributed by atoms with Gasteiger partial charge in [0.15, 0.2) is 6.61 Å².